The third kappa shape index (κ3) is 2.87. The second-order valence-corrected chi connectivity index (χ2v) is 6.12. The number of rotatable bonds is 2. The van der Waals surface area contributed by atoms with Crippen molar-refractivity contribution >= 4 is 15.9 Å². The number of fused-ring (bicyclic) bond motifs is 2. The molecule has 4 heteroatoms. The molecule has 2 unspecified atom stereocenters. The fourth-order valence-electron chi connectivity index (χ4n) is 3.10. The molecular weight excluding hydrogens is 278 g/mol. The normalized spacial score (nSPS) is 29.2. The van der Waals surface area contributed by atoms with E-state index in [4.69, 9.17) is 0 Å². The lowest BCUT2D eigenvalue weighted by Crippen LogP contribution is -2.50. The molecule has 1 N–H and O–H groups in total. The minimum absolute atomic E-state index is 0.853. The molecule has 2 aliphatic heterocycles. The van der Waals surface area contributed by atoms with E-state index in [0.717, 1.165) is 23.0 Å². The van der Waals surface area contributed by atoms with Gasteiger partial charge in [-0.25, -0.2) is 4.98 Å². The first-order chi connectivity index (χ1) is 8.29. The smallest absolute Gasteiger partial charge is 0.106 e. The molecule has 1 aromatic heterocycles. The van der Waals surface area contributed by atoms with Gasteiger partial charge in [-0.2, -0.15) is 0 Å². The molecule has 92 valence electrons. The van der Waals surface area contributed by atoms with Crippen molar-refractivity contribution in [3.8, 4) is 0 Å². The Bertz CT molecular complexity index is 367. The van der Waals surface area contributed by atoms with Crippen molar-refractivity contribution in [3.63, 3.8) is 0 Å². The molecule has 17 heavy (non-hydrogen) atoms. The maximum Gasteiger partial charge on any atom is 0.106 e. The Morgan fingerprint density at radius 2 is 2.06 bits per heavy atom. The van der Waals surface area contributed by atoms with Gasteiger partial charge in [-0.3, -0.25) is 4.90 Å². The molecule has 3 rings (SSSR count). The van der Waals surface area contributed by atoms with Crippen LogP contribution in [-0.2, 0) is 6.54 Å². The minimum atomic E-state index is 0.853. The zero-order chi connectivity index (χ0) is 11.7. The monoisotopic (exact) mass is 295 g/mol. The number of hydrogen-bond donors (Lipinski definition) is 1. The van der Waals surface area contributed by atoms with Crippen molar-refractivity contribution < 1.29 is 0 Å². The highest BCUT2D eigenvalue weighted by atomic mass is 79.9. The summed E-state index contributed by atoms with van der Waals surface area (Å²) in [6.07, 6.45) is 3.40. The molecule has 0 aromatic carbocycles. The molecule has 1 aromatic rings. The maximum atomic E-state index is 4.29. The van der Waals surface area contributed by atoms with Crippen LogP contribution in [0.1, 0.15) is 12.0 Å². The summed E-state index contributed by atoms with van der Waals surface area (Å²) < 4.78 is 0.918. The van der Waals surface area contributed by atoms with Crippen LogP contribution < -0.4 is 5.32 Å². The molecule has 2 aliphatic rings. The van der Waals surface area contributed by atoms with Gasteiger partial charge in [0.1, 0.15) is 4.60 Å². The van der Waals surface area contributed by atoms with Crippen molar-refractivity contribution in [2.75, 3.05) is 26.2 Å². The van der Waals surface area contributed by atoms with Gasteiger partial charge in [-0.1, -0.05) is 6.07 Å². The lowest BCUT2D eigenvalue weighted by molar-refractivity contribution is 0.0916. The average molecular weight is 296 g/mol. The quantitative estimate of drug-likeness (QED) is 0.845. The number of hydrogen-bond acceptors (Lipinski definition) is 3. The molecule has 0 amide bonds. The third-order valence-corrected chi connectivity index (χ3v) is 4.23. The van der Waals surface area contributed by atoms with E-state index in [1.807, 2.05) is 12.3 Å². The summed E-state index contributed by atoms with van der Waals surface area (Å²) in [5.74, 6) is 1.71. The summed E-state index contributed by atoms with van der Waals surface area (Å²) in [5, 5.41) is 3.53. The van der Waals surface area contributed by atoms with Crippen molar-refractivity contribution in [2.24, 2.45) is 11.8 Å². The number of pyridine rings is 1. The number of nitrogens with one attached hydrogen (secondary N) is 1. The Balaban J connectivity index is 1.63. The molecule has 2 saturated heterocycles. The fourth-order valence-corrected chi connectivity index (χ4v) is 3.33. The molecule has 0 aliphatic carbocycles. The van der Waals surface area contributed by atoms with Crippen molar-refractivity contribution in [3.05, 3.63) is 28.5 Å². The zero-order valence-electron chi connectivity index (χ0n) is 9.90. The van der Waals surface area contributed by atoms with Crippen LogP contribution in [0, 0.1) is 11.8 Å². The van der Waals surface area contributed by atoms with Crippen LogP contribution in [0.4, 0.5) is 0 Å². The summed E-state index contributed by atoms with van der Waals surface area (Å²) in [7, 11) is 0. The first-order valence-electron chi connectivity index (χ1n) is 6.33. The van der Waals surface area contributed by atoms with E-state index >= 15 is 0 Å². The Morgan fingerprint density at radius 3 is 2.71 bits per heavy atom. The van der Waals surface area contributed by atoms with Gasteiger partial charge in [-0.05, 0) is 58.9 Å². The van der Waals surface area contributed by atoms with Gasteiger partial charge in [-0.15, -0.1) is 0 Å². The molecule has 0 radical (unpaired) electrons. The van der Waals surface area contributed by atoms with Gasteiger partial charge in [0, 0.05) is 25.8 Å². The highest BCUT2D eigenvalue weighted by Gasteiger charge is 2.30. The van der Waals surface area contributed by atoms with Gasteiger partial charge in [0.05, 0.1) is 0 Å². The van der Waals surface area contributed by atoms with E-state index in [9.17, 15) is 0 Å². The van der Waals surface area contributed by atoms with Gasteiger partial charge in [0.25, 0.3) is 0 Å². The summed E-state index contributed by atoms with van der Waals surface area (Å²) >= 11 is 3.38. The number of nitrogens with zero attached hydrogens (tertiary/aromatic N) is 2. The Labute approximate surface area is 111 Å². The lowest BCUT2D eigenvalue weighted by Gasteiger charge is -2.41. The highest BCUT2D eigenvalue weighted by molar-refractivity contribution is 9.10. The summed E-state index contributed by atoms with van der Waals surface area (Å²) in [6.45, 7) is 5.92. The van der Waals surface area contributed by atoms with E-state index in [0.29, 0.717) is 0 Å². The summed E-state index contributed by atoms with van der Waals surface area (Å²) in [4.78, 5) is 6.88. The summed E-state index contributed by atoms with van der Waals surface area (Å²) in [5.41, 5.74) is 1.32. The van der Waals surface area contributed by atoms with Crippen molar-refractivity contribution in [1.82, 2.24) is 15.2 Å². The third-order valence-electron chi connectivity index (χ3n) is 3.76. The van der Waals surface area contributed by atoms with Gasteiger partial charge in [0.15, 0.2) is 0 Å². The lowest BCUT2D eigenvalue weighted by atomic mass is 9.86. The van der Waals surface area contributed by atoms with Crippen LogP contribution in [0.25, 0.3) is 0 Å². The Morgan fingerprint density at radius 1 is 1.29 bits per heavy atom. The standard InChI is InChI=1S/C13H18BrN3/c14-13-2-1-10(6-16-13)7-17-8-11-3-12(9-17)5-15-4-11/h1-2,6,11-12,15H,3-5,7-9H2. The molecule has 2 atom stereocenters. The first-order valence-corrected chi connectivity index (χ1v) is 7.12. The molecule has 3 heterocycles. The number of aromatic nitrogens is 1. The number of likely N-dealkylation sites (tertiary alicyclic amines) is 1. The number of halogens is 1. The summed E-state index contributed by atoms with van der Waals surface area (Å²) in [6, 6.07) is 4.20. The van der Waals surface area contributed by atoms with Crippen LogP contribution in [0.15, 0.2) is 22.9 Å². The zero-order valence-corrected chi connectivity index (χ0v) is 11.5. The second-order valence-electron chi connectivity index (χ2n) is 5.31. The van der Waals surface area contributed by atoms with E-state index in [2.05, 4.69) is 37.2 Å². The molecule has 0 spiro atoms. The Kier molecular flexibility index (Phi) is 3.45. The van der Waals surface area contributed by atoms with Gasteiger partial charge < -0.3 is 5.32 Å². The molecular formula is C13H18BrN3. The maximum absolute atomic E-state index is 4.29. The van der Waals surface area contributed by atoms with Crippen LogP contribution in [0.3, 0.4) is 0 Å². The topological polar surface area (TPSA) is 28.2 Å². The first kappa shape index (κ1) is 11.6. The van der Waals surface area contributed by atoms with E-state index in [1.54, 1.807) is 0 Å². The van der Waals surface area contributed by atoms with Gasteiger partial charge in [0.2, 0.25) is 0 Å². The SMILES string of the molecule is Brc1ccc(CN2CC3CNCC(C3)C2)cn1. The molecule has 3 nitrogen and oxygen atoms in total. The van der Waals surface area contributed by atoms with E-state index < -0.39 is 0 Å². The van der Waals surface area contributed by atoms with Gasteiger partial charge >= 0.3 is 0 Å². The fraction of sp³-hybridized carbons (Fsp3) is 0.615. The van der Waals surface area contributed by atoms with Crippen LogP contribution in [0.2, 0.25) is 0 Å². The average Bonchev–Trinajstić information content (AvgIpc) is 2.32. The predicted molar refractivity (Wildman–Crippen MR) is 71.7 cm³/mol. The highest BCUT2D eigenvalue weighted by Crippen LogP contribution is 2.25. The Hall–Kier alpha value is -0.450. The minimum Gasteiger partial charge on any atom is -0.316 e. The van der Waals surface area contributed by atoms with Crippen LogP contribution >= 0.6 is 15.9 Å². The molecule has 2 bridgehead atoms. The van der Waals surface area contributed by atoms with Crippen LogP contribution in [0.5, 0.6) is 0 Å². The van der Waals surface area contributed by atoms with Crippen LogP contribution in [-0.4, -0.2) is 36.1 Å². The second kappa shape index (κ2) is 5.04. The number of piperidine rings is 2. The van der Waals surface area contributed by atoms with E-state index in [1.165, 1.54) is 38.2 Å². The largest absolute Gasteiger partial charge is 0.316 e. The van der Waals surface area contributed by atoms with Crippen molar-refractivity contribution in [2.45, 2.75) is 13.0 Å². The van der Waals surface area contributed by atoms with E-state index in [-0.39, 0.29) is 0 Å². The predicted octanol–water partition coefficient (Wildman–Crippen LogP) is 1.89. The molecule has 2 fully saturated rings. The van der Waals surface area contributed by atoms with Crippen molar-refractivity contribution in [1.29, 1.82) is 0 Å². The molecule has 0 saturated carbocycles.